The van der Waals surface area contributed by atoms with E-state index < -0.39 is 12.0 Å². The summed E-state index contributed by atoms with van der Waals surface area (Å²) in [4.78, 5) is 10.4. The Hall–Kier alpha value is -0.610. The first-order valence-corrected chi connectivity index (χ1v) is 5.30. The van der Waals surface area contributed by atoms with Crippen LogP contribution in [0.3, 0.4) is 0 Å². The Balaban J connectivity index is 2.05. The molecule has 0 aromatic heterocycles. The quantitative estimate of drug-likeness (QED) is 0.699. The molecule has 82 valence electrons. The summed E-state index contributed by atoms with van der Waals surface area (Å²) >= 11 is 0. The maximum atomic E-state index is 10.4. The van der Waals surface area contributed by atoms with Crippen molar-refractivity contribution in [3.63, 3.8) is 0 Å². The molecule has 1 rings (SSSR count). The van der Waals surface area contributed by atoms with Crippen molar-refractivity contribution < 1.29 is 14.6 Å². The molecule has 0 amide bonds. The second-order valence-corrected chi connectivity index (χ2v) is 3.86. The molecule has 0 bridgehead atoms. The topological polar surface area (TPSA) is 72.5 Å². The second-order valence-electron chi connectivity index (χ2n) is 3.86. The Labute approximate surface area is 84.4 Å². The Morgan fingerprint density at radius 3 is 2.64 bits per heavy atom. The highest BCUT2D eigenvalue weighted by atomic mass is 16.5. The van der Waals surface area contributed by atoms with E-state index in [0.29, 0.717) is 19.1 Å². The lowest BCUT2D eigenvalue weighted by atomic mass is 9.98. The third-order valence-electron chi connectivity index (χ3n) is 2.65. The molecule has 0 aromatic rings. The average molecular weight is 201 g/mol. The Morgan fingerprint density at radius 1 is 1.43 bits per heavy atom. The summed E-state index contributed by atoms with van der Waals surface area (Å²) in [6, 6.07) is -0.779. The number of hydrogen-bond donors (Lipinski definition) is 2. The molecule has 0 aliphatic heterocycles. The van der Waals surface area contributed by atoms with Crippen molar-refractivity contribution in [1.29, 1.82) is 0 Å². The molecule has 0 heterocycles. The van der Waals surface area contributed by atoms with Gasteiger partial charge in [-0.1, -0.05) is 19.3 Å². The molecular weight excluding hydrogens is 182 g/mol. The van der Waals surface area contributed by atoms with Gasteiger partial charge in [0.05, 0.1) is 6.10 Å². The van der Waals surface area contributed by atoms with E-state index in [-0.39, 0.29) is 0 Å². The Morgan fingerprint density at radius 2 is 2.07 bits per heavy atom. The van der Waals surface area contributed by atoms with Gasteiger partial charge in [-0.2, -0.15) is 0 Å². The zero-order valence-corrected chi connectivity index (χ0v) is 8.45. The van der Waals surface area contributed by atoms with E-state index in [4.69, 9.17) is 15.6 Å². The molecule has 0 aromatic carbocycles. The van der Waals surface area contributed by atoms with Crippen LogP contribution in [-0.2, 0) is 9.53 Å². The predicted octanol–water partition coefficient (Wildman–Crippen LogP) is 1.14. The standard InChI is InChI=1S/C10H19NO3/c11-9(10(12)13)6-7-14-8-4-2-1-3-5-8/h8-9H,1-7,11H2,(H,12,13). The average Bonchev–Trinajstić information content (AvgIpc) is 2.19. The molecule has 3 N–H and O–H groups in total. The molecule has 0 spiro atoms. The molecule has 14 heavy (non-hydrogen) atoms. The normalized spacial score (nSPS) is 20.6. The van der Waals surface area contributed by atoms with Crippen LogP contribution in [0.4, 0.5) is 0 Å². The van der Waals surface area contributed by atoms with Gasteiger partial charge in [-0.25, -0.2) is 0 Å². The fourth-order valence-electron chi connectivity index (χ4n) is 1.72. The maximum Gasteiger partial charge on any atom is 0.320 e. The van der Waals surface area contributed by atoms with Crippen molar-refractivity contribution in [2.75, 3.05) is 6.61 Å². The largest absolute Gasteiger partial charge is 0.480 e. The first-order chi connectivity index (χ1) is 6.70. The van der Waals surface area contributed by atoms with Crippen LogP contribution in [-0.4, -0.2) is 29.8 Å². The number of aliphatic carboxylic acids is 1. The molecule has 0 saturated heterocycles. The van der Waals surface area contributed by atoms with Gasteiger partial charge < -0.3 is 15.6 Å². The van der Waals surface area contributed by atoms with Crippen LogP contribution in [0.25, 0.3) is 0 Å². The minimum absolute atomic E-state index is 0.338. The molecule has 1 atom stereocenters. The molecule has 1 aliphatic rings. The van der Waals surface area contributed by atoms with E-state index in [2.05, 4.69) is 0 Å². The van der Waals surface area contributed by atoms with Crippen LogP contribution in [0, 0.1) is 0 Å². The lowest BCUT2D eigenvalue weighted by Crippen LogP contribution is -2.32. The van der Waals surface area contributed by atoms with Crippen molar-refractivity contribution in [2.45, 2.75) is 50.7 Å². The van der Waals surface area contributed by atoms with Crippen molar-refractivity contribution >= 4 is 5.97 Å². The van der Waals surface area contributed by atoms with Gasteiger partial charge in [0.2, 0.25) is 0 Å². The number of nitrogens with two attached hydrogens (primary N) is 1. The lowest BCUT2D eigenvalue weighted by Gasteiger charge is -2.22. The van der Waals surface area contributed by atoms with Gasteiger partial charge in [0, 0.05) is 6.61 Å². The fourth-order valence-corrected chi connectivity index (χ4v) is 1.72. The van der Waals surface area contributed by atoms with Crippen molar-refractivity contribution in [3.05, 3.63) is 0 Å². The monoisotopic (exact) mass is 201 g/mol. The lowest BCUT2D eigenvalue weighted by molar-refractivity contribution is -0.139. The van der Waals surface area contributed by atoms with Crippen LogP contribution < -0.4 is 5.73 Å². The molecule has 1 fully saturated rings. The van der Waals surface area contributed by atoms with E-state index >= 15 is 0 Å². The van der Waals surface area contributed by atoms with Crippen molar-refractivity contribution in [3.8, 4) is 0 Å². The maximum absolute atomic E-state index is 10.4. The minimum atomic E-state index is -0.947. The van der Waals surface area contributed by atoms with Gasteiger partial charge in [0.1, 0.15) is 6.04 Å². The van der Waals surface area contributed by atoms with Crippen LogP contribution >= 0.6 is 0 Å². The van der Waals surface area contributed by atoms with Crippen LogP contribution in [0.5, 0.6) is 0 Å². The summed E-state index contributed by atoms with van der Waals surface area (Å²) < 4.78 is 5.56. The van der Waals surface area contributed by atoms with Crippen LogP contribution in [0.1, 0.15) is 38.5 Å². The van der Waals surface area contributed by atoms with Gasteiger partial charge >= 0.3 is 5.97 Å². The number of ether oxygens (including phenoxy) is 1. The van der Waals surface area contributed by atoms with Crippen LogP contribution in [0.15, 0.2) is 0 Å². The molecule has 1 unspecified atom stereocenters. The fraction of sp³-hybridized carbons (Fsp3) is 0.900. The van der Waals surface area contributed by atoms with E-state index in [1.54, 1.807) is 0 Å². The first kappa shape index (κ1) is 11.5. The highest BCUT2D eigenvalue weighted by Gasteiger charge is 2.15. The zero-order chi connectivity index (χ0) is 10.4. The molecule has 0 radical (unpaired) electrons. The van der Waals surface area contributed by atoms with E-state index in [1.807, 2.05) is 0 Å². The molecule has 1 saturated carbocycles. The van der Waals surface area contributed by atoms with E-state index in [1.165, 1.54) is 19.3 Å². The minimum Gasteiger partial charge on any atom is -0.480 e. The molecular formula is C10H19NO3. The third kappa shape index (κ3) is 4.07. The van der Waals surface area contributed by atoms with Gasteiger partial charge in [0.25, 0.3) is 0 Å². The predicted molar refractivity (Wildman–Crippen MR) is 53.1 cm³/mol. The summed E-state index contributed by atoms with van der Waals surface area (Å²) in [7, 11) is 0. The SMILES string of the molecule is NC(CCOC1CCCCC1)C(=O)O. The first-order valence-electron chi connectivity index (χ1n) is 5.30. The molecule has 4 heteroatoms. The Kier molecular flexibility index (Phi) is 4.90. The summed E-state index contributed by atoms with van der Waals surface area (Å²) in [5, 5.41) is 8.54. The Bertz CT molecular complexity index is 178. The van der Waals surface area contributed by atoms with Gasteiger partial charge in [-0.05, 0) is 19.3 Å². The smallest absolute Gasteiger partial charge is 0.320 e. The van der Waals surface area contributed by atoms with Gasteiger partial charge in [0.15, 0.2) is 0 Å². The summed E-state index contributed by atoms with van der Waals surface area (Å²) in [5.74, 6) is -0.947. The van der Waals surface area contributed by atoms with Crippen molar-refractivity contribution in [2.24, 2.45) is 5.73 Å². The summed E-state index contributed by atoms with van der Waals surface area (Å²) in [6.45, 7) is 0.470. The number of hydrogen-bond acceptors (Lipinski definition) is 3. The summed E-state index contributed by atoms with van der Waals surface area (Å²) in [5.41, 5.74) is 5.35. The van der Waals surface area contributed by atoms with Gasteiger partial charge in [-0.15, -0.1) is 0 Å². The number of carboxylic acids is 1. The number of rotatable bonds is 5. The second kappa shape index (κ2) is 5.98. The molecule has 4 nitrogen and oxygen atoms in total. The summed E-state index contributed by atoms with van der Waals surface area (Å²) in [6.07, 6.45) is 6.74. The molecule has 1 aliphatic carbocycles. The highest BCUT2D eigenvalue weighted by molar-refractivity contribution is 5.72. The number of carbonyl (C=O) groups is 1. The van der Waals surface area contributed by atoms with Gasteiger partial charge in [-0.3, -0.25) is 4.79 Å². The highest BCUT2D eigenvalue weighted by Crippen LogP contribution is 2.20. The van der Waals surface area contributed by atoms with Crippen molar-refractivity contribution in [1.82, 2.24) is 0 Å². The van der Waals surface area contributed by atoms with E-state index in [9.17, 15) is 4.79 Å². The van der Waals surface area contributed by atoms with Crippen LogP contribution in [0.2, 0.25) is 0 Å². The third-order valence-corrected chi connectivity index (χ3v) is 2.65. The van der Waals surface area contributed by atoms with E-state index in [0.717, 1.165) is 12.8 Å². The number of carboxylic acid groups (broad SMARTS) is 1. The zero-order valence-electron chi connectivity index (χ0n) is 8.45.